The highest BCUT2D eigenvalue weighted by Gasteiger charge is 2.02. The first-order valence-corrected chi connectivity index (χ1v) is 9.85. The van der Waals surface area contributed by atoms with Crippen LogP contribution in [0.5, 0.6) is 0 Å². The molecule has 4 aromatic rings. The highest BCUT2D eigenvalue weighted by atomic mass is 32.1. The van der Waals surface area contributed by atoms with E-state index in [1.54, 1.807) is 0 Å². The lowest BCUT2D eigenvalue weighted by Crippen LogP contribution is -1.77. The molecule has 2 aliphatic rings. The van der Waals surface area contributed by atoms with E-state index in [0.29, 0.717) is 0 Å². The summed E-state index contributed by atoms with van der Waals surface area (Å²) in [6.07, 6.45) is 8.05. The summed E-state index contributed by atoms with van der Waals surface area (Å²) in [6.45, 7) is 0. The van der Waals surface area contributed by atoms with E-state index in [1.165, 1.54) is 0 Å². The maximum atomic E-state index is 4.62. The second-order valence-electron chi connectivity index (χ2n) is 7.06. The SMILES string of the molecule is C1=Cc2cc3ccc(cc4ccc(cc5nc(cc1n2)C=C5)[nH]4)[nH]3.S.c1ccccc1. The molecular formula is C26H22N4S. The highest BCUT2D eigenvalue weighted by Crippen LogP contribution is 2.17. The quantitative estimate of drug-likeness (QED) is 0.295. The van der Waals surface area contributed by atoms with E-state index in [0.717, 1.165) is 44.8 Å². The van der Waals surface area contributed by atoms with Crippen LogP contribution in [0.15, 0.2) is 84.9 Å². The monoisotopic (exact) mass is 422 g/mol. The topological polar surface area (TPSA) is 57.4 Å². The van der Waals surface area contributed by atoms with Crippen molar-refractivity contribution in [3.63, 3.8) is 0 Å². The average Bonchev–Trinajstić information content (AvgIpc) is 3.56. The number of hydrogen-bond donors (Lipinski definition) is 2. The van der Waals surface area contributed by atoms with Crippen LogP contribution in [0.25, 0.3) is 46.4 Å². The predicted octanol–water partition coefficient (Wildman–Crippen LogP) is 6.46. The van der Waals surface area contributed by atoms with E-state index in [1.807, 2.05) is 78.9 Å². The third kappa shape index (κ3) is 5.21. The van der Waals surface area contributed by atoms with Crippen LogP contribution in [0.1, 0.15) is 22.8 Å². The maximum absolute atomic E-state index is 4.62. The molecule has 3 aromatic heterocycles. The molecule has 5 heterocycles. The Morgan fingerprint density at radius 2 is 0.742 bits per heavy atom. The molecule has 2 aliphatic heterocycles. The molecule has 4 nitrogen and oxygen atoms in total. The summed E-state index contributed by atoms with van der Waals surface area (Å²) in [6, 6.07) is 28.4. The summed E-state index contributed by atoms with van der Waals surface area (Å²) in [5.74, 6) is 0. The van der Waals surface area contributed by atoms with Crippen LogP contribution in [-0.4, -0.2) is 19.9 Å². The van der Waals surface area contributed by atoms with Gasteiger partial charge in [0, 0.05) is 22.1 Å². The first-order valence-electron chi connectivity index (χ1n) is 9.85. The largest absolute Gasteiger partial charge is 0.355 e. The fourth-order valence-electron chi connectivity index (χ4n) is 3.33. The molecule has 0 unspecified atom stereocenters. The lowest BCUT2D eigenvalue weighted by atomic mass is 10.3. The van der Waals surface area contributed by atoms with Gasteiger partial charge in [-0.15, -0.1) is 0 Å². The van der Waals surface area contributed by atoms with Crippen LogP contribution in [0.2, 0.25) is 0 Å². The van der Waals surface area contributed by atoms with Crippen LogP contribution in [0, 0.1) is 0 Å². The molecule has 2 N–H and O–H groups in total. The number of benzene rings is 1. The van der Waals surface area contributed by atoms with E-state index in [4.69, 9.17) is 0 Å². The molecule has 0 atom stereocenters. The van der Waals surface area contributed by atoms with E-state index >= 15 is 0 Å². The van der Waals surface area contributed by atoms with Gasteiger partial charge >= 0.3 is 0 Å². The molecule has 0 aliphatic carbocycles. The minimum atomic E-state index is 0. The average molecular weight is 423 g/mol. The molecule has 0 saturated carbocycles. The van der Waals surface area contributed by atoms with Crippen LogP contribution in [-0.2, 0) is 0 Å². The predicted molar refractivity (Wildman–Crippen MR) is 136 cm³/mol. The van der Waals surface area contributed by atoms with Crippen molar-refractivity contribution in [2.24, 2.45) is 0 Å². The molecule has 0 saturated heterocycles. The van der Waals surface area contributed by atoms with Crippen molar-refractivity contribution >= 4 is 59.9 Å². The van der Waals surface area contributed by atoms with E-state index in [9.17, 15) is 0 Å². The summed E-state index contributed by atoms with van der Waals surface area (Å²) in [5, 5.41) is 0. The Morgan fingerprint density at radius 1 is 0.419 bits per heavy atom. The van der Waals surface area contributed by atoms with Crippen molar-refractivity contribution in [1.82, 2.24) is 19.9 Å². The summed E-state index contributed by atoms with van der Waals surface area (Å²) in [5.41, 5.74) is 7.86. The van der Waals surface area contributed by atoms with E-state index in [2.05, 4.69) is 50.3 Å². The molecule has 1 aromatic carbocycles. The smallest absolute Gasteiger partial charge is 0.0659 e. The molecule has 0 radical (unpaired) electrons. The van der Waals surface area contributed by atoms with Gasteiger partial charge in [-0.3, -0.25) is 0 Å². The highest BCUT2D eigenvalue weighted by molar-refractivity contribution is 7.59. The summed E-state index contributed by atoms with van der Waals surface area (Å²) in [7, 11) is 0. The molecule has 152 valence electrons. The Kier molecular flexibility index (Phi) is 6.15. The Labute approximate surface area is 187 Å². The van der Waals surface area contributed by atoms with E-state index < -0.39 is 0 Å². The van der Waals surface area contributed by atoms with Gasteiger partial charge in [0.2, 0.25) is 0 Å². The van der Waals surface area contributed by atoms with Crippen LogP contribution >= 0.6 is 13.5 Å². The number of H-pyrrole nitrogens is 2. The normalized spacial score (nSPS) is 11.4. The van der Waals surface area contributed by atoms with Crippen molar-refractivity contribution in [2.75, 3.05) is 0 Å². The number of aromatic nitrogens is 4. The lowest BCUT2D eigenvalue weighted by Gasteiger charge is -1.86. The number of hydrogen-bond acceptors (Lipinski definition) is 2. The van der Waals surface area contributed by atoms with Gasteiger partial charge in [0.25, 0.3) is 0 Å². The Bertz CT molecular complexity index is 1280. The first-order chi connectivity index (χ1) is 14.8. The molecule has 0 fully saturated rings. The third-order valence-electron chi connectivity index (χ3n) is 4.71. The van der Waals surface area contributed by atoms with Crippen molar-refractivity contribution in [3.8, 4) is 0 Å². The number of nitrogens with one attached hydrogen (secondary N) is 2. The summed E-state index contributed by atoms with van der Waals surface area (Å²) in [4.78, 5) is 16.0. The first kappa shape index (κ1) is 20.4. The zero-order valence-electron chi connectivity index (χ0n) is 16.8. The molecular weight excluding hydrogens is 400 g/mol. The van der Waals surface area contributed by atoms with Crippen molar-refractivity contribution in [3.05, 3.63) is 108 Å². The maximum Gasteiger partial charge on any atom is 0.0659 e. The van der Waals surface area contributed by atoms with Gasteiger partial charge in [-0.2, -0.15) is 13.5 Å². The van der Waals surface area contributed by atoms with Gasteiger partial charge in [0.15, 0.2) is 0 Å². The summed E-state index contributed by atoms with van der Waals surface area (Å²) < 4.78 is 0. The van der Waals surface area contributed by atoms with Gasteiger partial charge in [-0.1, -0.05) is 36.4 Å². The Balaban J connectivity index is 0.000000288. The van der Waals surface area contributed by atoms with Gasteiger partial charge in [0.1, 0.15) is 0 Å². The molecule has 0 amide bonds. The van der Waals surface area contributed by atoms with Crippen LogP contribution in [0.4, 0.5) is 0 Å². The van der Waals surface area contributed by atoms with Crippen LogP contribution in [0.3, 0.4) is 0 Å². The van der Waals surface area contributed by atoms with E-state index in [-0.39, 0.29) is 13.5 Å². The molecule has 6 rings (SSSR count). The lowest BCUT2D eigenvalue weighted by molar-refractivity contribution is 1.28. The summed E-state index contributed by atoms with van der Waals surface area (Å²) >= 11 is 0. The molecule has 5 heteroatoms. The number of fused-ring (bicyclic) bond motifs is 8. The fourth-order valence-corrected chi connectivity index (χ4v) is 3.33. The second-order valence-corrected chi connectivity index (χ2v) is 7.06. The fraction of sp³-hybridized carbons (Fsp3) is 0. The number of aromatic amines is 2. The zero-order chi connectivity index (χ0) is 20.2. The van der Waals surface area contributed by atoms with Gasteiger partial charge in [0.05, 0.1) is 22.8 Å². The standard InChI is InChI=1S/C20H14N4.C6H6.H2S/c1-2-14-10-16-5-6-18(23-16)12-20-8-7-19(24-20)11-17-4-3-15(22-17)9-13(1)21-14;1-2-4-6-5-3-1;/h1-12,21-22H;1-6H;1H2. The molecule has 0 spiro atoms. The zero-order valence-corrected chi connectivity index (χ0v) is 17.8. The Hall–Kier alpha value is -3.83. The van der Waals surface area contributed by atoms with Crippen LogP contribution < -0.4 is 0 Å². The van der Waals surface area contributed by atoms with Crippen molar-refractivity contribution in [2.45, 2.75) is 0 Å². The van der Waals surface area contributed by atoms with Crippen molar-refractivity contribution < 1.29 is 0 Å². The third-order valence-corrected chi connectivity index (χ3v) is 4.71. The number of rotatable bonds is 0. The Morgan fingerprint density at radius 3 is 1.13 bits per heavy atom. The van der Waals surface area contributed by atoms with Gasteiger partial charge in [-0.05, 0) is 72.8 Å². The van der Waals surface area contributed by atoms with Crippen molar-refractivity contribution in [1.29, 1.82) is 0 Å². The minimum absolute atomic E-state index is 0. The van der Waals surface area contributed by atoms with Gasteiger partial charge < -0.3 is 9.97 Å². The molecule has 8 bridgehead atoms. The molecule has 31 heavy (non-hydrogen) atoms. The number of nitrogens with zero attached hydrogens (tertiary/aromatic N) is 2. The minimum Gasteiger partial charge on any atom is -0.355 e. The van der Waals surface area contributed by atoms with Gasteiger partial charge in [-0.25, -0.2) is 9.97 Å². The second kappa shape index (κ2) is 9.32.